The molecule has 0 bridgehead atoms. The second-order valence-electron chi connectivity index (χ2n) is 13.8. The van der Waals surface area contributed by atoms with E-state index in [0.717, 1.165) is 84.0 Å². The molecule has 3 aromatic carbocycles. The van der Waals surface area contributed by atoms with E-state index in [1.165, 1.54) is 0 Å². The van der Waals surface area contributed by atoms with Gasteiger partial charge in [0, 0.05) is 25.2 Å². The largest absolute Gasteiger partial charge is 0.492 e. The minimum atomic E-state index is -0.359. The summed E-state index contributed by atoms with van der Waals surface area (Å²) in [7, 11) is 0. The van der Waals surface area contributed by atoms with Gasteiger partial charge in [-0.3, -0.25) is 0 Å². The summed E-state index contributed by atoms with van der Waals surface area (Å²) in [4.78, 5) is 24.0. The van der Waals surface area contributed by atoms with Crippen molar-refractivity contribution in [1.82, 2.24) is 15.6 Å². The van der Waals surface area contributed by atoms with E-state index in [1.54, 1.807) is 11.3 Å². The van der Waals surface area contributed by atoms with Gasteiger partial charge in [0.2, 0.25) is 0 Å². The minimum absolute atomic E-state index is 0.150. The highest BCUT2D eigenvalue weighted by Crippen LogP contribution is 2.42. The van der Waals surface area contributed by atoms with Gasteiger partial charge in [-0.05, 0) is 134 Å². The van der Waals surface area contributed by atoms with E-state index in [0.29, 0.717) is 78.1 Å². The third-order valence-electron chi connectivity index (χ3n) is 10.1. The van der Waals surface area contributed by atoms with E-state index < -0.39 is 0 Å². The van der Waals surface area contributed by atoms with Crippen molar-refractivity contribution >= 4 is 61.5 Å². The number of nitrogens with one attached hydrogen (secondary N) is 2. The number of thiazole rings is 1. The predicted molar refractivity (Wildman–Crippen MR) is 227 cm³/mol. The van der Waals surface area contributed by atoms with Crippen LogP contribution >= 0.6 is 34.5 Å². The van der Waals surface area contributed by atoms with Gasteiger partial charge < -0.3 is 44.1 Å². The number of fused-ring (bicyclic) bond motifs is 1. The molecule has 2 aliphatic heterocycles. The Bertz CT molecular complexity index is 1880. The van der Waals surface area contributed by atoms with Crippen LogP contribution in [0.4, 0.5) is 10.8 Å². The van der Waals surface area contributed by atoms with Gasteiger partial charge in [0.1, 0.15) is 33.0 Å². The second-order valence-corrected chi connectivity index (χ2v) is 15.6. The molecule has 4 aromatic rings. The number of esters is 1. The number of ether oxygens (including phenoxy) is 5. The van der Waals surface area contributed by atoms with Crippen LogP contribution < -0.4 is 39.4 Å². The molecule has 0 radical (unpaired) electrons. The second kappa shape index (κ2) is 20.1. The lowest BCUT2D eigenvalue weighted by Gasteiger charge is -2.37. The molecule has 2 N–H and O–H groups in total. The number of carbonyl (C=O) groups is 1. The Morgan fingerprint density at radius 2 is 1.12 bits per heavy atom. The molecule has 2 aliphatic rings. The number of benzene rings is 3. The van der Waals surface area contributed by atoms with Crippen molar-refractivity contribution < 1.29 is 28.5 Å². The highest BCUT2D eigenvalue weighted by atomic mass is 35.5. The third kappa shape index (κ3) is 9.88. The maximum absolute atomic E-state index is 13.9. The smallest absolute Gasteiger partial charge is 0.340 e. The van der Waals surface area contributed by atoms with Crippen molar-refractivity contribution in [2.45, 2.75) is 85.5 Å². The number of aromatic nitrogens is 1. The van der Waals surface area contributed by atoms with Crippen molar-refractivity contribution in [1.29, 1.82) is 0 Å². The predicted octanol–water partition coefficient (Wildman–Crippen LogP) is 8.89. The molecule has 0 spiro atoms. The van der Waals surface area contributed by atoms with E-state index in [9.17, 15) is 4.79 Å². The summed E-state index contributed by atoms with van der Waals surface area (Å²) in [5.74, 6) is 2.00. The summed E-state index contributed by atoms with van der Waals surface area (Å²) < 4.78 is 30.4. The maximum atomic E-state index is 13.9. The molecule has 56 heavy (non-hydrogen) atoms. The lowest BCUT2D eigenvalue weighted by molar-refractivity contribution is 0.0527. The quantitative estimate of drug-likeness (QED) is 0.0940. The number of nitrogens with zero attached hydrogens (tertiary/aromatic N) is 3. The van der Waals surface area contributed by atoms with Gasteiger partial charge in [0.15, 0.2) is 5.13 Å². The van der Waals surface area contributed by atoms with Crippen LogP contribution in [0.15, 0.2) is 36.4 Å². The zero-order chi connectivity index (χ0) is 39.6. The molecular weight excluding hydrogens is 773 g/mol. The van der Waals surface area contributed by atoms with Crippen LogP contribution in [-0.2, 0) is 17.8 Å². The van der Waals surface area contributed by atoms with E-state index >= 15 is 0 Å². The number of carbonyl (C=O) groups excluding carboxylic acids is 1. The molecule has 304 valence electrons. The minimum Gasteiger partial charge on any atom is -0.492 e. The number of piperidine rings is 2. The first-order valence-electron chi connectivity index (χ1n) is 20.0. The summed E-state index contributed by atoms with van der Waals surface area (Å²) in [6.45, 7) is 16.5. The van der Waals surface area contributed by atoms with E-state index in [1.807, 2.05) is 65.0 Å². The van der Waals surface area contributed by atoms with Crippen molar-refractivity contribution in [2.75, 3.05) is 69.0 Å². The number of anilines is 2. The highest BCUT2D eigenvalue weighted by molar-refractivity contribution is 7.22. The fourth-order valence-electron chi connectivity index (χ4n) is 7.56. The standard InChI is InChI=1S/C42H55Cl2N5O6S/c1-6-51-34-19-27(20-35(39(34)43)52-7-2)25-48(29-11-15-45-16-12-29)33-24-32-38(23-31(33)41(50)55-10-5)56-42(47-32)49(30-13-17-46-18-14-30)26-28-21-36(53-8-3)40(44)37(22-28)54-9-4/h19-24,29-30,45-46H,6-18,25-26H2,1-5H3. The van der Waals surface area contributed by atoms with Gasteiger partial charge in [-0.1, -0.05) is 34.5 Å². The molecule has 0 saturated carbocycles. The van der Waals surface area contributed by atoms with Crippen LogP contribution in [0.25, 0.3) is 10.2 Å². The molecule has 0 atom stereocenters. The number of hydrogen-bond donors (Lipinski definition) is 2. The SMILES string of the molecule is CCOC(=O)c1cc2sc(N(Cc3cc(OCC)c(Cl)c(OCC)c3)C3CCNCC3)nc2cc1N(Cc1cc(OCC)c(Cl)c(OCC)c1)C1CCNCC1. The Kier molecular flexibility index (Phi) is 15.1. The average Bonchev–Trinajstić information content (AvgIpc) is 3.63. The zero-order valence-electron chi connectivity index (χ0n) is 33.2. The Balaban J connectivity index is 1.46. The first-order chi connectivity index (χ1) is 27.3. The van der Waals surface area contributed by atoms with Gasteiger partial charge in [-0.2, -0.15) is 0 Å². The summed E-state index contributed by atoms with van der Waals surface area (Å²) in [5.41, 5.74) is 4.12. The van der Waals surface area contributed by atoms with Crippen LogP contribution in [0.3, 0.4) is 0 Å². The molecular formula is C42H55Cl2N5O6S. The number of hydrogen-bond acceptors (Lipinski definition) is 12. The molecule has 2 fully saturated rings. The fourth-order valence-corrected chi connectivity index (χ4v) is 9.05. The van der Waals surface area contributed by atoms with Gasteiger partial charge in [-0.15, -0.1) is 0 Å². The summed E-state index contributed by atoms with van der Waals surface area (Å²) in [6.07, 6.45) is 3.75. The molecule has 0 unspecified atom stereocenters. The number of halogens is 2. The molecule has 0 aliphatic carbocycles. The molecule has 14 heteroatoms. The molecule has 0 amide bonds. The van der Waals surface area contributed by atoms with Crippen LogP contribution in [0.5, 0.6) is 23.0 Å². The van der Waals surface area contributed by atoms with E-state index in [2.05, 4.69) is 26.5 Å². The fraction of sp³-hybridized carbons (Fsp3) is 0.524. The Morgan fingerprint density at radius 1 is 0.679 bits per heavy atom. The highest BCUT2D eigenvalue weighted by Gasteiger charge is 2.30. The lowest BCUT2D eigenvalue weighted by atomic mass is 10.0. The topological polar surface area (TPSA) is 107 Å². The van der Waals surface area contributed by atoms with Crippen LogP contribution in [0, 0.1) is 0 Å². The van der Waals surface area contributed by atoms with Crippen LogP contribution in [0.2, 0.25) is 10.0 Å². The summed E-state index contributed by atoms with van der Waals surface area (Å²) in [6, 6.07) is 12.4. The van der Waals surface area contributed by atoms with E-state index in [-0.39, 0.29) is 24.7 Å². The van der Waals surface area contributed by atoms with Crippen molar-refractivity contribution in [3.05, 3.63) is 63.1 Å². The first kappa shape index (κ1) is 41.9. The molecule has 2 saturated heterocycles. The van der Waals surface area contributed by atoms with Crippen LogP contribution in [-0.4, -0.2) is 82.3 Å². The molecule has 6 rings (SSSR count). The Morgan fingerprint density at radius 3 is 1.57 bits per heavy atom. The van der Waals surface area contributed by atoms with Gasteiger partial charge in [-0.25, -0.2) is 9.78 Å². The summed E-state index contributed by atoms with van der Waals surface area (Å²) >= 11 is 15.0. The monoisotopic (exact) mass is 827 g/mol. The van der Waals surface area contributed by atoms with Crippen molar-refractivity contribution in [3.63, 3.8) is 0 Å². The maximum Gasteiger partial charge on any atom is 0.340 e. The third-order valence-corrected chi connectivity index (χ3v) is 11.9. The molecule has 3 heterocycles. The van der Waals surface area contributed by atoms with E-state index in [4.69, 9.17) is 51.9 Å². The lowest BCUT2D eigenvalue weighted by Crippen LogP contribution is -2.43. The first-order valence-corrected chi connectivity index (χ1v) is 21.6. The van der Waals surface area contributed by atoms with Gasteiger partial charge in [0.25, 0.3) is 0 Å². The summed E-state index contributed by atoms with van der Waals surface area (Å²) in [5, 5.41) is 8.83. The zero-order valence-corrected chi connectivity index (χ0v) is 35.5. The Labute approximate surface area is 344 Å². The van der Waals surface area contributed by atoms with Gasteiger partial charge in [0.05, 0.1) is 54.5 Å². The molecule has 1 aromatic heterocycles. The Hall–Kier alpha value is -3.68. The average molecular weight is 829 g/mol. The van der Waals surface area contributed by atoms with Crippen molar-refractivity contribution in [2.24, 2.45) is 0 Å². The van der Waals surface area contributed by atoms with Crippen LogP contribution in [0.1, 0.15) is 81.8 Å². The molecule has 11 nitrogen and oxygen atoms in total. The number of rotatable bonds is 18. The normalized spacial score (nSPS) is 15.1. The van der Waals surface area contributed by atoms with Crippen molar-refractivity contribution in [3.8, 4) is 23.0 Å². The van der Waals surface area contributed by atoms with Gasteiger partial charge >= 0.3 is 5.97 Å².